The highest BCUT2D eigenvalue weighted by Crippen LogP contribution is 2.36. The molecule has 0 bridgehead atoms. The van der Waals surface area contributed by atoms with Crippen molar-refractivity contribution in [1.82, 2.24) is 0 Å². The number of rotatable bonds is 2. The lowest BCUT2D eigenvalue weighted by Gasteiger charge is -2.36. The first kappa shape index (κ1) is 14.8. The summed E-state index contributed by atoms with van der Waals surface area (Å²) in [6, 6.07) is 5.16. The fraction of sp³-hybridized carbons (Fsp3) is 0.538. The second-order valence-corrected chi connectivity index (χ2v) is 5.44. The smallest absolute Gasteiger partial charge is 0.371 e. The molecule has 1 heterocycles. The summed E-state index contributed by atoms with van der Waals surface area (Å²) in [6.45, 7) is 0.588. The van der Waals surface area contributed by atoms with Gasteiger partial charge in [-0.05, 0) is 30.5 Å². The zero-order valence-corrected chi connectivity index (χ0v) is 11.7. The van der Waals surface area contributed by atoms with Crippen LogP contribution in [0.4, 0.5) is 18.9 Å². The molecule has 2 rings (SSSR count). The Morgan fingerprint density at radius 1 is 1.32 bits per heavy atom. The topological polar surface area (TPSA) is 3.24 Å². The SMILES string of the molecule is FC(F)(F)C1CCCN(c2cc(Cl)ccc2CCl)C1. The van der Waals surface area contributed by atoms with Crippen molar-refractivity contribution in [3.63, 3.8) is 0 Å². The molecule has 19 heavy (non-hydrogen) atoms. The van der Waals surface area contributed by atoms with E-state index in [9.17, 15) is 13.2 Å². The molecule has 6 heteroatoms. The normalized spacial score (nSPS) is 20.7. The van der Waals surface area contributed by atoms with Crippen LogP contribution in [0.3, 0.4) is 0 Å². The van der Waals surface area contributed by atoms with Crippen LogP contribution in [-0.2, 0) is 5.88 Å². The first-order valence-electron chi connectivity index (χ1n) is 6.08. The highest BCUT2D eigenvalue weighted by Gasteiger charge is 2.42. The molecule has 1 aromatic rings. The van der Waals surface area contributed by atoms with Crippen LogP contribution in [0, 0.1) is 5.92 Å². The van der Waals surface area contributed by atoms with Gasteiger partial charge in [0.15, 0.2) is 0 Å². The van der Waals surface area contributed by atoms with E-state index in [-0.39, 0.29) is 18.8 Å². The summed E-state index contributed by atoms with van der Waals surface area (Å²) in [5.41, 5.74) is 1.53. The Morgan fingerprint density at radius 2 is 2.05 bits per heavy atom. The van der Waals surface area contributed by atoms with Crippen LogP contribution in [0.15, 0.2) is 18.2 Å². The molecule has 0 radical (unpaired) electrons. The number of hydrogen-bond acceptors (Lipinski definition) is 1. The van der Waals surface area contributed by atoms with Crippen molar-refractivity contribution >= 4 is 28.9 Å². The molecule has 1 saturated heterocycles. The number of hydrogen-bond donors (Lipinski definition) is 0. The third-order valence-corrected chi connectivity index (χ3v) is 3.94. The molecule has 0 aromatic heterocycles. The van der Waals surface area contributed by atoms with Crippen LogP contribution < -0.4 is 4.90 Å². The molecule has 1 fully saturated rings. The van der Waals surface area contributed by atoms with E-state index in [2.05, 4.69) is 0 Å². The fourth-order valence-corrected chi connectivity index (χ4v) is 2.80. The molecule has 1 aromatic carbocycles. The monoisotopic (exact) mass is 311 g/mol. The molecule has 0 amide bonds. The molecule has 0 spiro atoms. The van der Waals surface area contributed by atoms with Gasteiger partial charge in [-0.15, -0.1) is 11.6 Å². The maximum absolute atomic E-state index is 12.8. The Balaban J connectivity index is 2.24. The molecule has 106 valence electrons. The van der Waals surface area contributed by atoms with Gasteiger partial charge in [-0.1, -0.05) is 17.7 Å². The summed E-state index contributed by atoms with van der Waals surface area (Å²) in [7, 11) is 0. The summed E-state index contributed by atoms with van der Waals surface area (Å²) in [6.07, 6.45) is -3.42. The van der Waals surface area contributed by atoms with Crippen molar-refractivity contribution < 1.29 is 13.2 Å². The van der Waals surface area contributed by atoms with Gasteiger partial charge in [0.1, 0.15) is 0 Å². The molecule has 0 aliphatic carbocycles. The van der Waals surface area contributed by atoms with E-state index in [4.69, 9.17) is 23.2 Å². The maximum atomic E-state index is 12.8. The molecule has 1 atom stereocenters. The first-order valence-corrected chi connectivity index (χ1v) is 6.99. The van der Waals surface area contributed by atoms with Crippen molar-refractivity contribution in [3.05, 3.63) is 28.8 Å². The Morgan fingerprint density at radius 3 is 2.68 bits per heavy atom. The predicted octanol–water partition coefficient (Wildman–Crippen LogP) is 4.86. The lowest BCUT2D eigenvalue weighted by atomic mass is 9.96. The quantitative estimate of drug-likeness (QED) is 0.705. The third kappa shape index (κ3) is 3.48. The lowest BCUT2D eigenvalue weighted by molar-refractivity contribution is -0.175. The van der Waals surface area contributed by atoms with Crippen LogP contribution >= 0.6 is 23.2 Å². The van der Waals surface area contributed by atoms with Crippen molar-refractivity contribution in [2.75, 3.05) is 18.0 Å². The molecule has 1 aliphatic rings. The average Bonchev–Trinajstić information content (AvgIpc) is 2.38. The second-order valence-electron chi connectivity index (χ2n) is 4.73. The zero-order valence-electron chi connectivity index (χ0n) is 10.2. The molecule has 0 N–H and O–H groups in total. The number of piperidine rings is 1. The lowest BCUT2D eigenvalue weighted by Crippen LogP contribution is -2.42. The third-order valence-electron chi connectivity index (χ3n) is 3.42. The largest absolute Gasteiger partial charge is 0.393 e. The summed E-state index contributed by atoms with van der Waals surface area (Å²) >= 11 is 11.8. The number of benzene rings is 1. The van der Waals surface area contributed by atoms with E-state index in [1.165, 1.54) is 0 Å². The number of halogens is 5. The van der Waals surface area contributed by atoms with Crippen LogP contribution in [0.5, 0.6) is 0 Å². The van der Waals surface area contributed by atoms with Crippen LogP contribution in [0.2, 0.25) is 5.02 Å². The van der Waals surface area contributed by atoms with E-state index >= 15 is 0 Å². The van der Waals surface area contributed by atoms with Gasteiger partial charge >= 0.3 is 6.18 Å². The summed E-state index contributed by atoms with van der Waals surface area (Å²) in [5.74, 6) is -1.01. The molecular formula is C13H14Cl2F3N. The number of alkyl halides is 4. The Bertz CT molecular complexity index is 448. The van der Waals surface area contributed by atoms with Gasteiger partial charge in [0.2, 0.25) is 0 Å². The van der Waals surface area contributed by atoms with E-state index in [0.717, 1.165) is 11.3 Å². The van der Waals surface area contributed by atoms with Gasteiger partial charge < -0.3 is 4.90 Å². The van der Waals surface area contributed by atoms with Gasteiger partial charge in [0.25, 0.3) is 0 Å². The summed E-state index contributed by atoms with van der Waals surface area (Å²) < 4.78 is 38.4. The van der Waals surface area contributed by atoms with Crippen molar-refractivity contribution in [2.24, 2.45) is 5.92 Å². The van der Waals surface area contributed by atoms with Crippen molar-refractivity contribution in [2.45, 2.75) is 24.9 Å². The van der Waals surface area contributed by atoms with Gasteiger partial charge in [-0.25, -0.2) is 0 Å². The van der Waals surface area contributed by atoms with Crippen LogP contribution in [0.1, 0.15) is 18.4 Å². The molecular weight excluding hydrogens is 298 g/mol. The highest BCUT2D eigenvalue weighted by molar-refractivity contribution is 6.31. The van der Waals surface area contributed by atoms with E-state index < -0.39 is 12.1 Å². The maximum Gasteiger partial charge on any atom is 0.393 e. The molecule has 1 aliphatic heterocycles. The number of nitrogens with zero attached hydrogens (tertiary/aromatic N) is 1. The zero-order chi connectivity index (χ0) is 14.0. The van der Waals surface area contributed by atoms with E-state index in [1.807, 2.05) is 0 Å². The van der Waals surface area contributed by atoms with Crippen molar-refractivity contribution in [3.8, 4) is 0 Å². The second kappa shape index (κ2) is 5.80. The van der Waals surface area contributed by atoms with Gasteiger partial charge in [-0.3, -0.25) is 0 Å². The Hall–Kier alpha value is -0.610. The minimum Gasteiger partial charge on any atom is -0.371 e. The Labute approximate surface area is 120 Å². The summed E-state index contributed by atoms with van der Waals surface area (Å²) in [5, 5.41) is 0.512. The predicted molar refractivity (Wildman–Crippen MR) is 72.0 cm³/mol. The van der Waals surface area contributed by atoms with Gasteiger partial charge in [0, 0.05) is 29.7 Å². The standard InChI is InChI=1S/C13H14Cl2F3N/c14-7-9-3-4-11(15)6-12(9)19-5-1-2-10(8-19)13(16,17)18/h3-4,6,10H,1-2,5,7-8H2. The molecule has 0 saturated carbocycles. The average molecular weight is 312 g/mol. The van der Waals surface area contributed by atoms with Crippen molar-refractivity contribution in [1.29, 1.82) is 0 Å². The van der Waals surface area contributed by atoms with E-state index in [0.29, 0.717) is 18.0 Å². The van der Waals surface area contributed by atoms with Gasteiger partial charge in [-0.2, -0.15) is 13.2 Å². The van der Waals surface area contributed by atoms with Crippen LogP contribution in [0.25, 0.3) is 0 Å². The van der Waals surface area contributed by atoms with Crippen LogP contribution in [-0.4, -0.2) is 19.3 Å². The van der Waals surface area contributed by atoms with Gasteiger partial charge in [0.05, 0.1) is 5.92 Å². The fourth-order valence-electron chi connectivity index (χ4n) is 2.41. The first-order chi connectivity index (χ1) is 8.91. The minimum atomic E-state index is -4.14. The Kier molecular flexibility index (Phi) is 4.51. The highest BCUT2D eigenvalue weighted by atomic mass is 35.5. The number of anilines is 1. The molecule has 1 unspecified atom stereocenters. The van der Waals surface area contributed by atoms with E-state index in [1.54, 1.807) is 23.1 Å². The minimum absolute atomic E-state index is 0.0201. The molecule has 1 nitrogen and oxygen atoms in total. The summed E-state index contributed by atoms with van der Waals surface area (Å²) in [4.78, 5) is 1.74.